The number of rotatable bonds is 2. The van der Waals surface area contributed by atoms with Crippen LogP contribution in [0.15, 0.2) is 42.9 Å². The Balaban J connectivity index is 2.36. The summed E-state index contributed by atoms with van der Waals surface area (Å²) < 4.78 is 1.66. The van der Waals surface area contributed by atoms with Gasteiger partial charge in [0.15, 0.2) is 5.69 Å². The summed E-state index contributed by atoms with van der Waals surface area (Å²) in [5.74, 6) is -0.565. The summed E-state index contributed by atoms with van der Waals surface area (Å²) in [5, 5.41) is 9.19. The lowest BCUT2D eigenvalue weighted by Crippen LogP contribution is -1.97. The Hall–Kier alpha value is -2.89. The molecule has 0 amide bonds. The molecule has 3 heterocycles. The first-order chi connectivity index (χ1) is 9.16. The molecular formula is C13H10N4O2. The summed E-state index contributed by atoms with van der Waals surface area (Å²) >= 11 is 0. The number of hydrogen-bond acceptors (Lipinski definition) is 4. The van der Waals surface area contributed by atoms with Gasteiger partial charge in [-0.2, -0.15) is 0 Å². The zero-order valence-corrected chi connectivity index (χ0v) is 9.82. The van der Waals surface area contributed by atoms with Crippen LogP contribution in [-0.2, 0) is 0 Å². The molecule has 0 aliphatic heterocycles. The van der Waals surface area contributed by atoms with Crippen LogP contribution < -0.4 is 5.73 Å². The Labute approximate surface area is 108 Å². The summed E-state index contributed by atoms with van der Waals surface area (Å²) in [6, 6.07) is 6.88. The van der Waals surface area contributed by atoms with Crippen LogP contribution in [0.1, 0.15) is 10.5 Å². The van der Waals surface area contributed by atoms with Gasteiger partial charge in [-0.1, -0.05) is 0 Å². The number of hydrogen-bond donors (Lipinski definition) is 2. The zero-order valence-electron chi connectivity index (χ0n) is 9.82. The van der Waals surface area contributed by atoms with E-state index >= 15 is 0 Å². The molecule has 19 heavy (non-hydrogen) atoms. The second kappa shape index (κ2) is 4.09. The fourth-order valence-corrected chi connectivity index (χ4v) is 1.96. The molecule has 0 saturated carbocycles. The smallest absolute Gasteiger partial charge is 0.356 e. The van der Waals surface area contributed by atoms with Crippen LogP contribution in [0, 0.1) is 0 Å². The van der Waals surface area contributed by atoms with E-state index in [0.717, 1.165) is 5.56 Å². The molecule has 3 aromatic heterocycles. The summed E-state index contributed by atoms with van der Waals surface area (Å²) in [7, 11) is 0. The number of fused-ring (bicyclic) bond motifs is 1. The third-order valence-corrected chi connectivity index (χ3v) is 2.78. The van der Waals surface area contributed by atoms with Crippen molar-refractivity contribution in [1.29, 1.82) is 0 Å². The van der Waals surface area contributed by atoms with Gasteiger partial charge >= 0.3 is 5.97 Å². The maximum atomic E-state index is 11.2. The van der Waals surface area contributed by atoms with Gasteiger partial charge in [-0.15, -0.1) is 0 Å². The maximum absolute atomic E-state index is 11.2. The quantitative estimate of drug-likeness (QED) is 0.725. The molecule has 0 unspecified atom stereocenters. The van der Waals surface area contributed by atoms with Crippen LogP contribution in [0.4, 0.5) is 5.69 Å². The minimum atomic E-state index is -1.07. The minimum Gasteiger partial charge on any atom is -0.476 e. The van der Waals surface area contributed by atoms with Gasteiger partial charge in [-0.3, -0.25) is 9.38 Å². The molecule has 0 aliphatic rings. The Morgan fingerprint density at radius 2 is 2.16 bits per heavy atom. The number of nitrogens with zero attached hydrogens (tertiary/aromatic N) is 3. The standard InChI is InChI=1S/C13H10N4O2/c14-9-3-4-10-11(13(18)19)16-12(17(10)7-9)8-2-1-5-15-6-8/h1-7H,14H2,(H,18,19). The SMILES string of the molecule is Nc1ccc2c(C(=O)O)nc(-c3cccnc3)n2c1. The van der Waals surface area contributed by atoms with Crippen molar-refractivity contribution in [3.05, 3.63) is 48.5 Å². The number of imidazole rings is 1. The Kier molecular flexibility index (Phi) is 2.42. The Morgan fingerprint density at radius 3 is 2.84 bits per heavy atom. The topological polar surface area (TPSA) is 93.5 Å². The number of aromatic carboxylic acids is 1. The molecule has 3 rings (SSSR count). The largest absolute Gasteiger partial charge is 0.476 e. The molecule has 3 N–H and O–H groups in total. The second-order valence-electron chi connectivity index (χ2n) is 4.05. The Morgan fingerprint density at radius 1 is 1.32 bits per heavy atom. The first-order valence-corrected chi connectivity index (χ1v) is 5.58. The fourth-order valence-electron chi connectivity index (χ4n) is 1.96. The number of carbonyl (C=O) groups is 1. The molecule has 3 aromatic rings. The van der Waals surface area contributed by atoms with Crippen molar-refractivity contribution >= 4 is 17.2 Å². The number of carboxylic acids is 1. The summed E-state index contributed by atoms with van der Waals surface area (Å²) in [4.78, 5) is 19.4. The molecule has 0 aliphatic carbocycles. The zero-order chi connectivity index (χ0) is 13.4. The summed E-state index contributed by atoms with van der Waals surface area (Å²) in [5.41, 5.74) is 7.51. The predicted octanol–water partition coefficient (Wildman–Crippen LogP) is 1.68. The van der Waals surface area contributed by atoms with Crippen LogP contribution in [0.3, 0.4) is 0 Å². The number of aromatic nitrogens is 3. The van der Waals surface area contributed by atoms with E-state index in [9.17, 15) is 9.90 Å². The number of pyridine rings is 2. The number of nitrogens with two attached hydrogens (primary N) is 1. The lowest BCUT2D eigenvalue weighted by molar-refractivity contribution is 0.0693. The molecule has 0 spiro atoms. The first kappa shape index (κ1) is 11.2. The van der Waals surface area contributed by atoms with Gasteiger partial charge in [0.1, 0.15) is 5.82 Å². The van der Waals surface area contributed by atoms with Crippen LogP contribution >= 0.6 is 0 Å². The lowest BCUT2D eigenvalue weighted by atomic mass is 10.2. The average molecular weight is 254 g/mol. The van der Waals surface area contributed by atoms with Crippen molar-refractivity contribution in [2.75, 3.05) is 5.73 Å². The van der Waals surface area contributed by atoms with Crippen molar-refractivity contribution in [3.8, 4) is 11.4 Å². The van der Waals surface area contributed by atoms with Gasteiger partial charge in [0.25, 0.3) is 0 Å². The van der Waals surface area contributed by atoms with E-state index in [0.29, 0.717) is 17.0 Å². The van der Waals surface area contributed by atoms with E-state index in [2.05, 4.69) is 9.97 Å². The second-order valence-corrected chi connectivity index (χ2v) is 4.05. The lowest BCUT2D eigenvalue weighted by Gasteiger charge is -2.01. The fraction of sp³-hybridized carbons (Fsp3) is 0. The highest BCUT2D eigenvalue weighted by atomic mass is 16.4. The highest BCUT2D eigenvalue weighted by molar-refractivity contribution is 5.95. The molecule has 0 aromatic carbocycles. The van der Waals surface area contributed by atoms with Gasteiger partial charge in [0.2, 0.25) is 0 Å². The predicted molar refractivity (Wildman–Crippen MR) is 69.8 cm³/mol. The first-order valence-electron chi connectivity index (χ1n) is 5.58. The van der Waals surface area contributed by atoms with Crippen molar-refractivity contribution in [2.24, 2.45) is 0 Å². The summed E-state index contributed by atoms with van der Waals surface area (Å²) in [6.07, 6.45) is 4.92. The molecular weight excluding hydrogens is 244 g/mol. The van der Waals surface area contributed by atoms with Gasteiger partial charge in [-0.05, 0) is 24.3 Å². The van der Waals surface area contributed by atoms with E-state index < -0.39 is 5.97 Å². The average Bonchev–Trinajstić information content (AvgIpc) is 2.78. The van der Waals surface area contributed by atoms with Crippen LogP contribution in [0.25, 0.3) is 16.9 Å². The maximum Gasteiger partial charge on any atom is 0.356 e. The molecule has 0 atom stereocenters. The molecule has 0 bridgehead atoms. The molecule has 0 fully saturated rings. The molecule has 6 heteroatoms. The number of anilines is 1. The van der Waals surface area contributed by atoms with E-state index in [1.54, 1.807) is 41.2 Å². The van der Waals surface area contributed by atoms with Crippen molar-refractivity contribution in [3.63, 3.8) is 0 Å². The molecule has 6 nitrogen and oxygen atoms in total. The highest BCUT2D eigenvalue weighted by Gasteiger charge is 2.17. The van der Waals surface area contributed by atoms with E-state index in [-0.39, 0.29) is 5.69 Å². The van der Waals surface area contributed by atoms with Gasteiger partial charge in [0, 0.05) is 29.8 Å². The summed E-state index contributed by atoms with van der Waals surface area (Å²) in [6.45, 7) is 0. The normalized spacial score (nSPS) is 10.7. The minimum absolute atomic E-state index is 0.00106. The Bertz CT molecular complexity index is 765. The van der Waals surface area contributed by atoms with Crippen LogP contribution in [0.5, 0.6) is 0 Å². The molecule has 0 radical (unpaired) electrons. The van der Waals surface area contributed by atoms with E-state index in [1.165, 1.54) is 0 Å². The monoisotopic (exact) mass is 254 g/mol. The third kappa shape index (κ3) is 1.79. The molecule has 94 valence electrons. The number of carboxylic acid groups (broad SMARTS) is 1. The highest BCUT2D eigenvalue weighted by Crippen LogP contribution is 2.23. The van der Waals surface area contributed by atoms with E-state index in [4.69, 9.17) is 5.73 Å². The van der Waals surface area contributed by atoms with Crippen molar-refractivity contribution in [2.45, 2.75) is 0 Å². The van der Waals surface area contributed by atoms with Crippen LogP contribution in [-0.4, -0.2) is 25.4 Å². The third-order valence-electron chi connectivity index (χ3n) is 2.78. The number of nitrogen functional groups attached to an aromatic ring is 1. The van der Waals surface area contributed by atoms with Gasteiger partial charge in [-0.25, -0.2) is 9.78 Å². The van der Waals surface area contributed by atoms with Crippen molar-refractivity contribution < 1.29 is 9.90 Å². The van der Waals surface area contributed by atoms with Crippen molar-refractivity contribution in [1.82, 2.24) is 14.4 Å². The van der Waals surface area contributed by atoms with E-state index in [1.807, 2.05) is 6.07 Å². The van der Waals surface area contributed by atoms with Gasteiger partial charge < -0.3 is 10.8 Å². The molecule has 0 saturated heterocycles. The van der Waals surface area contributed by atoms with Crippen LogP contribution in [0.2, 0.25) is 0 Å². The van der Waals surface area contributed by atoms with Gasteiger partial charge in [0.05, 0.1) is 5.52 Å².